The molecule has 6 nitrogen and oxygen atoms in total. The van der Waals surface area contributed by atoms with Crippen LogP contribution in [0.4, 0.5) is 0 Å². The Bertz CT molecular complexity index is 692. The molecule has 1 amide bonds. The monoisotopic (exact) mass is 239 g/mol. The molecular weight excluding hydrogens is 230 g/mol. The van der Waals surface area contributed by atoms with E-state index in [-0.39, 0.29) is 5.91 Å². The van der Waals surface area contributed by atoms with Crippen LogP contribution in [0.5, 0.6) is 0 Å². The molecule has 6 heteroatoms. The third kappa shape index (κ3) is 1.80. The minimum atomic E-state index is -0.267. The van der Waals surface area contributed by atoms with Crippen LogP contribution in [0.25, 0.3) is 11.0 Å². The average Bonchev–Trinajstić information content (AvgIpc) is 2.83. The molecule has 0 atom stereocenters. The van der Waals surface area contributed by atoms with E-state index in [9.17, 15) is 4.79 Å². The molecule has 0 saturated heterocycles. The maximum absolute atomic E-state index is 11.9. The van der Waals surface area contributed by atoms with E-state index >= 15 is 0 Å². The Morgan fingerprint density at radius 1 is 1.22 bits per heavy atom. The summed E-state index contributed by atoms with van der Waals surface area (Å²) in [4.78, 5) is 23.7. The standard InChI is InChI=1S/C12H9N5O/c18-12(9-6-13-8-14-7-9)16-17-5-3-10-11(17)2-1-4-15-10/h1-8H,(H,16,18). The second kappa shape index (κ2) is 4.25. The van der Waals surface area contributed by atoms with Gasteiger partial charge in [-0.25, -0.2) is 9.97 Å². The van der Waals surface area contributed by atoms with Crippen LogP contribution in [0, 0.1) is 0 Å². The van der Waals surface area contributed by atoms with Gasteiger partial charge in [-0.1, -0.05) is 0 Å². The smallest absolute Gasteiger partial charge is 0.267 e. The van der Waals surface area contributed by atoms with Crippen LogP contribution >= 0.6 is 0 Å². The van der Waals surface area contributed by atoms with E-state index < -0.39 is 0 Å². The molecule has 0 aliphatic carbocycles. The van der Waals surface area contributed by atoms with Crippen LogP contribution in [0.2, 0.25) is 0 Å². The van der Waals surface area contributed by atoms with E-state index in [2.05, 4.69) is 20.4 Å². The lowest BCUT2D eigenvalue weighted by Gasteiger charge is -2.06. The Labute approximate surface area is 102 Å². The van der Waals surface area contributed by atoms with Gasteiger partial charge in [0.1, 0.15) is 6.33 Å². The van der Waals surface area contributed by atoms with E-state index in [0.29, 0.717) is 5.56 Å². The van der Waals surface area contributed by atoms with E-state index in [0.717, 1.165) is 11.0 Å². The van der Waals surface area contributed by atoms with E-state index in [1.54, 1.807) is 17.1 Å². The summed E-state index contributed by atoms with van der Waals surface area (Å²) in [6.07, 6.45) is 7.77. The zero-order valence-corrected chi connectivity index (χ0v) is 9.32. The molecule has 0 aliphatic rings. The molecule has 0 saturated carbocycles. The summed E-state index contributed by atoms with van der Waals surface area (Å²) in [5.74, 6) is -0.267. The zero-order chi connectivity index (χ0) is 12.4. The highest BCUT2D eigenvalue weighted by atomic mass is 16.2. The SMILES string of the molecule is O=C(Nn1ccc2ncccc21)c1cncnc1. The number of aromatic nitrogens is 4. The first-order valence-corrected chi connectivity index (χ1v) is 5.33. The minimum Gasteiger partial charge on any atom is -0.267 e. The molecule has 0 aliphatic heterocycles. The molecule has 0 aromatic carbocycles. The predicted molar refractivity (Wildman–Crippen MR) is 65.5 cm³/mol. The minimum absolute atomic E-state index is 0.267. The van der Waals surface area contributed by atoms with Crippen molar-refractivity contribution in [3.05, 3.63) is 54.9 Å². The Hall–Kier alpha value is -2.76. The van der Waals surface area contributed by atoms with Gasteiger partial charge >= 0.3 is 0 Å². The van der Waals surface area contributed by atoms with Crippen molar-refractivity contribution < 1.29 is 4.79 Å². The van der Waals surface area contributed by atoms with Crippen molar-refractivity contribution in [2.75, 3.05) is 5.43 Å². The predicted octanol–water partition coefficient (Wildman–Crippen LogP) is 1.21. The van der Waals surface area contributed by atoms with Gasteiger partial charge < -0.3 is 0 Å². The third-order valence-corrected chi connectivity index (χ3v) is 2.50. The molecule has 1 N–H and O–H groups in total. The summed E-state index contributed by atoms with van der Waals surface area (Å²) in [5, 5.41) is 0. The normalized spacial score (nSPS) is 10.4. The van der Waals surface area contributed by atoms with Gasteiger partial charge in [-0.2, -0.15) is 0 Å². The fourth-order valence-electron chi connectivity index (χ4n) is 1.65. The maximum atomic E-state index is 11.9. The number of hydrogen-bond acceptors (Lipinski definition) is 4. The Morgan fingerprint density at radius 2 is 2.06 bits per heavy atom. The van der Waals surface area contributed by atoms with Crippen LogP contribution in [0.3, 0.4) is 0 Å². The van der Waals surface area contributed by atoms with Crippen LogP contribution in [-0.4, -0.2) is 25.5 Å². The van der Waals surface area contributed by atoms with Gasteiger partial charge in [0.15, 0.2) is 0 Å². The number of rotatable bonds is 2. The quantitative estimate of drug-likeness (QED) is 0.729. The first-order chi connectivity index (χ1) is 8.84. The zero-order valence-electron chi connectivity index (χ0n) is 9.32. The molecule has 18 heavy (non-hydrogen) atoms. The van der Waals surface area contributed by atoms with Crippen molar-refractivity contribution in [2.24, 2.45) is 0 Å². The number of nitrogens with one attached hydrogen (secondary N) is 1. The molecule has 0 bridgehead atoms. The average molecular weight is 239 g/mol. The molecule has 88 valence electrons. The Kier molecular flexibility index (Phi) is 2.45. The number of amides is 1. The van der Waals surface area contributed by atoms with Crippen LogP contribution in [-0.2, 0) is 0 Å². The van der Waals surface area contributed by atoms with Crippen molar-refractivity contribution in [1.82, 2.24) is 19.6 Å². The number of hydrogen-bond donors (Lipinski definition) is 1. The molecule has 0 radical (unpaired) electrons. The van der Waals surface area contributed by atoms with Gasteiger partial charge in [0, 0.05) is 24.8 Å². The number of fused-ring (bicyclic) bond motifs is 1. The highest BCUT2D eigenvalue weighted by Crippen LogP contribution is 2.10. The van der Waals surface area contributed by atoms with Gasteiger partial charge in [0.2, 0.25) is 0 Å². The fraction of sp³-hybridized carbons (Fsp3) is 0. The summed E-state index contributed by atoms with van der Waals surface area (Å²) in [6, 6.07) is 5.53. The number of pyridine rings is 1. The summed E-state index contributed by atoms with van der Waals surface area (Å²) in [6.45, 7) is 0. The lowest BCUT2D eigenvalue weighted by molar-refractivity contribution is 0.101. The van der Waals surface area contributed by atoms with Gasteiger partial charge in [0.25, 0.3) is 5.91 Å². The van der Waals surface area contributed by atoms with Crippen molar-refractivity contribution in [1.29, 1.82) is 0 Å². The van der Waals surface area contributed by atoms with Gasteiger partial charge in [-0.15, -0.1) is 0 Å². The first-order valence-electron chi connectivity index (χ1n) is 5.33. The van der Waals surface area contributed by atoms with Gasteiger partial charge in [-0.3, -0.25) is 19.9 Å². The van der Waals surface area contributed by atoms with Crippen molar-refractivity contribution in [3.8, 4) is 0 Å². The highest BCUT2D eigenvalue weighted by Gasteiger charge is 2.08. The second-order valence-corrected chi connectivity index (χ2v) is 3.66. The summed E-state index contributed by atoms with van der Waals surface area (Å²) < 4.78 is 1.62. The topological polar surface area (TPSA) is 72.7 Å². The molecule has 0 unspecified atom stereocenters. The summed E-state index contributed by atoms with van der Waals surface area (Å²) in [5.41, 5.74) is 4.80. The maximum Gasteiger partial charge on any atom is 0.273 e. The van der Waals surface area contributed by atoms with E-state index in [1.165, 1.54) is 18.7 Å². The molecule has 0 fully saturated rings. The Morgan fingerprint density at radius 3 is 2.89 bits per heavy atom. The van der Waals surface area contributed by atoms with E-state index in [1.807, 2.05) is 18.2 Å². The fourth-order valence-corrected chi connectivity index (χ4v) is 1.65. The molecule has 0 spiro atoms. The Balaban J connectivity index is 1.91. The lowest BCUT2D eigenvalue weighted by Crippen LogP contribution is -2.22. The van der Waals surface area contributed by atoms with Crippen LogP contribution < -0.4 is 5.43 Å². The van der Waals surface area contributed by atoms with Crippen molar-refractivity contribution in [2.45, 2.75) is 0 Å². The molecule has 3 rings (SSSR count). The number of nitrogens with zero attached hydrogens (tertiary/aromatic N) is 4. The lowest BCUT2D eigenvalue weighted by atomic mass is 10.3. The number of carbonyl (C=O) groups is 1. The molecular formula is C12H9N5O. The summed E-state index contributed by atoms with van der Waals surface area (Å²) in [7, 11) is 0. The third-order valence-electron chi connectivity index (χ3n) is 2.50. The van der Waals surface area contributed by atoms with Crippen molar-refractivity contribution in [3.63, 3.8) is 0 Å². The van der Waals surface area contributed by atoms with Crippen LogP contribution in [0.15, 0.2) is 49.3 Å². The van der Waals surface area contributed by atoms with Crippen molar-refractivity contribution >= 4 is 16.9 Å². The molecule has 3 aromatic heterocycles. The number of carbonyl (C=O) groups excluding carboxylic acids is 1. The van der Waals surface area contributed by atoms with Gasteiger partial charge in [-0.05, 0) is 18.2 Å². The van der Waals surface area contributed by atoms with Gasteiger partial charge in [0.05, 0.1) is 16.6 Å². The van der Waals surface area contributed by atoms with Crippen LogP contribution in [0.1, 0.15) is 10.4 Å². The molecule has 3 heterocycles. The second-order valence-electron chi connectivity index (χ2n) is 3.66. The highest BCUT2D eigenvalue weighted by molar-refractivity contribution is 6.00. The summed E-state index contributed by atoms with van der Waals surface area (Å²) >= 11 is 0. The van der Waals surface area contributed by atoms with E-state index in [4.69, 9.17) is 0 Å². The largest absolute Gasteiger partial charge is 0.273 e. The molecule has 3 aromatic rings. The first kappa shape index (κ1) is 10.4.